The number of benzene rings is 1. The maximum absolute atomic E-state index is 13.3. The number of likely N-dealkylation sites (N-methyl/N-ethyl adjacent to an activating group) is 1. The molecule has 0 saturated heterocycles. The first-order valence-corrected chi connectivity index (χ1v) is 14.0. The van der Waals surface area contributed by atoms with E-state index < -0.39 is 21.6 Å². The summed E-state index contributed by atoms with van der Waals surface area (Å²) >= 11 is 6.02. The Kier molecular flexibility index (Phi) is 8.29. The maximum Gasteiger partial charge on any atom is 0.416 e. The van der Waals surface area contributed by atoms with Crippen LogP contribution in [-0.2, 0) is 21.8 Å². The number of hydrogen-bond acceptors (Lipinski definition) is 7. The molecular weight excluding hydrogens is 541 g/mol. The van der Waals surface area contributed by atoms with Gasteiger partial charge in [-0.05, 0) is 82.1 Å². The van der Waals surface area contributed by atoms with E-state index in [0.717, 1.165) is 6.07 Å². The average Bonchev–Trinajstić information content (AvgIpc) is 2.83. The molecule has 1 aliphatic carbocycles. The molecule has 0 amide bonds. The van der Waals surface area contributed by atoms with E-state index in [1.165, 1.54) is 30.7 Å². The van der Waals surface area contributed by atoms with Gasteiger partial charge in [0.15, 0.2) is 9.84 Å². The van der Waals surface area contributed by atoms with E-state index >= 15 is 0 Å². The van der Waals surface area contributed by atoms with Crippen LogP contribution in [0.2, 0.25) is 5.02 Å². The topological polar surface area (TPSA) is 85.3 Å². The Morgan fingerprint density at radius 2 is 1.89 bits per heavy atom. The molecule has 0 radical (unpaired) electrons. The van der Waals surface area contributed by atoms with Gasteiger partial charge in [-0.2, -0.15) is 13.2 Å². The Hall–Kier alpha value is -2.76. The molecule has 0 spiro atoms. The molecule has 0 bridgehead atoms. The summed E-state index contributed by atoms with van der Waals surface area (Å²) in [7, 11) is 0.105. The fourth-order valence-corrected chi connectivity index (χ4v) is 6.60. The fourth-order valence-electron chi connectivity index (χ4n) is 4.86. The van der Waals surface area contributed by atoms with Crippen LogP contribution in [0.15, 0.2) is 53.8 Å². The normalized spacial score (nSPS) is 20.5. The van der Waals surface area contributed by atoms with Gasteiger partial charge in [-0.1, -0.05) is 11.6 Å². The third-order valence-electron chi connectivity index (χ3n) is 6.74. The molecule has 2 aromatic heterocycles. The Labute approximate surface area is 225 Å². The number of aryl methyl sites for hydroxylation is 1. The number of rotatable bonds is 7. The van der Waals surface area contributed by atoms with Gasteiger partial charge in [0, 0.05) is 23.3 Å². The van der Waals surface area contributed by atoms with Gasteiger partial charge < -0.3 is 9.64 Å². The molecule has 2 heterocycles. The van der Waals surface area contributed by atoms with Crippen LogP contribution in [0.25, 0.3) is 0 Å². The molecule has 3 aromatic rings. The van der Waals surface area contributed by atoms with Crippen molar-refractivity contribution in [3.8, 4) is 5.88 Å². The summed E-state index contributed by atoms with van der Waals surface area (Å²) in [6.45, 7) is 1.61. The van der Waals surface area contributed by atoms with Gasteiger partial charge in [-0.25, -0.2) is 23.4 Å². The maximum atomic E-state index is 13.3. The highest BCUT2D eigenvalue weighted by atomic mass is 35.5. The van der Waals surface area contributed by atoms with Gasteiger partial charge in [0.2, 0.25) is 5.88 Å². The Bertz CT molecular complexity index is 1390. The zero-order chi connectivity index (χ0) is 27.7. The van der Waals surface area contributed by atoms with Crippen molar-refractivity contribution in [1.29, 1.82) is 0 Å². The van der Waals surface area contributed by atoms with Crippen LogP contribution < -0.4 is 4.74 Å². The molecule has 1 aliphatic rings. The number of nitrogens with zero attached hydrogens (tertiary/aromatic N) is 4. The van der Waals surface area contributed by atoms with E-state index in [2.05, 4.69) is 15.0 Å². The molecule has 12 heteroatoms. The minimum absolute atomic E-state index is 0.0593. The first kappa shape index (κ1) is 28.3. The van der Waals surface area contributed by atoms with Gasteiger partial charge >= 0.3 is 6.18 Å². The zero-order valence-electron chi connectivity index (χ0n) is 21.1. The van der Waals surface area contributed by atoms with Crippen LogP contribution >= 0.6 is 11.6 Å². The lowest BCUT2D eigenvalue weighted by atomic mass is 9.79. The summed E-state index contributed by atoms with van der Waals surface area (Å²) in [5.74, 6) is -0.100. The monoisotopic (exact) mass is 568 g/mol. The number of aromatic nitrogens is 3. The highest BCUT2D eigenvalue weighted by Crippen LogP contribution is 2.40. The molecule has 0 aliphatic heterocycles. The van der Waals surface area contributed by atoms with Crippen molar-refractivity contribution in [1.82, 2.24) is 19.9 Å². The number of pyridine rings is 1. The summed E-state index contributed by atoms with van der Waals surface area (Å²) in [4.78, 5) is 14.3. The molecule has 1 fully saturated rings. The number of halogens is 4. The zero-order valence-corrected chi connectivity index (χ0v) is 22.7. The molecule has 1 saturated carbocycles. The van der Waals surface area contributed by atoms with Crippen LogP contribution in [0.4, 0.5) is 13.2 Å². The molecule has 0 N–H and O–H groups in total. The first-order valence-electron chi connectivity index (χ1n) is 12.0. The van der Waals surface area contributed by atoms with Crippen LogP contribution in [0.3, 0.4) is 0 Å². The lowest BCUT2D eigenvalue weighted by Crippen LogP contribution is -2.46. The second-order valence-electron chi connectivity index (χ2n) is 9.66. The second-order valence-corrected chi connectivity index (χ2v) is 12.1. The minimum Gasteiger partial charge on any atom is -0.473 e. The summed E-state index contributed by atoms with van der Waals surface area (Å²) in [5, 5.41) is 0.0593. The van der Waals surface area contributed by atoms with Crippen molar-refractivity contribution in [3.63, 3.8) is 0 Å². The lowest BCUT2D eigenvalue weighted by molar-refractivity contribution is -0.137. The number of alkyl halides is 3. The number of ether oxygens (including phenoxy) is 1. The molecule has 0 unspecified atom stereocenters. The largest absolute Gasteiger partial charge is 0.473 e. The molecular formula is C26H28ClF3N4O3S. The number of hydrogen-bond donors (Lipinski definition) is 0. The van der Waals surface area contributed by atoms with Crippen LogP contribution in [0.1, 0.15) is 47.7 Å². The average molecular weight is 569 g/mol. The van der Waals surface area contributed by atoms with E-state index in [9.17, 15) is 21.6 Å². The van der Waals surface area contributed by atoms with Crippen molar-refractivity contribution < 1.29 is 26.3 Å². The van der Waals surface area contributed by atoms with E-state index in [0.29, 0.717) is 42.1 Å². The summed E-state index contributed by atoms with van der Waals surface area (Å²) in [5.41, 5.74) is 0.495. The van der Waals surface area contributed by atoms with Crippen LogP contribution in [0, 0.1) is 6.92 Å². The van der Waals surface area contributed by atoms with Crippen molar-refractivity contribution in [2.45, 2.75) is 61.1 Å². The van der Waals surface area contributed by atoms with E-state index in [1.54, 1.807) is 19.1 Å². The van der Waals surface area contributed by atoms with Crippen molar-refractivity contribution >= 4 is 21.4 Å². The summed E-state index contributed by atoms with van der Waals surface area (Å²) < 4.78 is 72.0. The fraction of sp³-hybridized carbons (Fsp3) is 0.423. The van der Waals surface area contributed by atoms with Gasteiger partial charge in [0.05, 0.1) is 27.6 Å². The predicted molar refractivity (Wildman–Crippen MR) is 137 cm³/mol. The van der Waals surface area contributed by atoms with Gasteiger partial charge in [0.1, 0.15) is 12.4 Å². The SMILES string of the molecule is Cc1nc(O[C@H]2CC[C@H](c3cc(Cl)cc(C(F)(F)F)c3)C[C@@H]2N(C)C)ccc1S(=O)(=O)Cc1ccncn1. The van der Waals surface area contributed by atoms with Gasteiger partial charge in [-0.3, -0.25) is 0 Å². The molecule has 38 heavy (non-hydrogen) atoms. The third kappa shape index (κ3) is 6.62. The first-order chi connectivity index (χ1) is 17.8. The minimum atomic E-state index is -4.47. The Balaban J connectivity index is 1.50. The van der Waals surface area contributed by atoms with Crippen LogP contribution in [0.5, 0.6) is 5.88 Å². The van der Waals surface area contributed by atoms with Crippen molar-refractivity contribution in [2.24, 2.45) is 0 Å². The van der Waals surface area contributed by atoms with Gasteiger partial charge in [-0.15, -0.1) is 0 Å². The highest BCUT2D eigenvalue weighted by Gasteiger charge is 2.36. The third-order valence-corrected chi connectivity index (χ3v) is 8.73. The second kappa shape index (κ2) is 11.2. The molecule has 204 valence electrons. The lowest BCUT2D eigenvalue weighted by Gasteiger charge is -2.39. The summed E-state index contributed by atoms with van der Waals surface area (Å²) in [6, 6.07) is 8.17. The standard InChI is InChI=1S/C26H28ClF3N4O3S/c1-16-24(38(35,36)14-21-8-9-31-15-32-21)6-7-25(33-16)37-23-5-4-17(12-22(23)34(2)3)18-10-19(26(28,29)30)13-20(27)11-18/h6-11,13,15,17,22-23H,4-5,12,14H2,1-3H3/t17-,22-,23-/m0/s1. The Morgan fingerprint density at radius 1 is 1.13 bits per heavy atom. The molecule has 4 rings (SSSR count). The van der Waals surface area contributed by atoms with E-state index in [1.807, 2.05) is 19.0 Å². The van der Waals surface area contributed by atoms with E-state index in [-0.39, 0.29) is 33.7 Å². The Morgan fingerprint density at radius 3 is 2.53 bits per heavy atom. The highest BCUT2D eigenvalue weighted by molar-refractivity contribution is 7.90. The predicted octanol–water partition coefficient (Wildman–Crippen LogP) is 5.47. The van der Waals surface area contributed by atoms with Gasteiger partial charge in [0.25, 0.3) is 0 Å². The number of sulfone groups is 1. The molecule has 7 nitrogen and oxygen atoms in total. The van der Waals surface area contributed by atoms with Crippen molar-refractivity contribution in [3.05, 3.63) is 76.5 Å². The molecule has 1 aromatic carbocycles. The molecule has 3 atom stereocenters. The van der Waals surface area contributed by atoms with Crippen LogP contribution in [-0.4, -0.2) is 54.5 Å². The van der Waals surface area contributed by atoms with E-state index in [4.69, 9.17) is 16.3 Å². The smallest absolute Gasteiger partial charge is 0.416 e. The quantitative estimate of drug-likeness (QED) is 0.373. The van der Waals surface area contributed by atoms with Crippen molar-refractivity contribution in [2.75, 3.05) is 14.1 Å². The summed E-state index contributed by atoms with van der Waals surface area (Å²) in [6.07, 6.45) is -0.217.